The smallest absolute Gasteiger partial charge is 0.328 e. The second-order valence-corrected chi connectivity index (χ2v) is 8.45. The largest absolute Gasteiger partial charge is 0.478 e. The van der Waals surface area contributed by atoms with Crippen molar-refractivity contribution in [1.29, 1.82) is 0 Å². The highest BCUT2D eigenvalue weighted by atomic mass is 32.2. The molecule has 32 heavy (non-hydrogen) atoms. The zero-order valence-electron chi connectivity index (χ0n) is 17.5. The Morgan fingerprint density at radius 3 is 2.69 bits per heavy atom. The molecule has 2 amide bonds. The number of nitrogens with one attached hydrogen (secondary N) is 2. The maximum atomic E-state index is 12.7. The second kappa shape index (κ2) is 12.6. The van der Waals surface area contributed by atoms with E-state index in [1.807, 2.05) is 13.0 Å². The lowest BCUT2D eigenvalue weighted by molar-refractivity contribution is -0.142. The van der Waals surface area contributed by atoms with Gasteiger partial charge in [-0.25, -0.2) is 9.78 Å². The summed E-state index contributed by atoms with van der Waals surface area (Å²) in [5.74, 6) is -2.38. The number of esters is 1. The van der Waals surface area contributed by atoms with Gasteiger partial charge >= 0.3 is 11.9 Å². The number of anilines is 2. The molecule has 0 saturated heterocycles. The fourth-order valence-corrected chi connectivity index (χ4v) is 4.18. The van der Waals surface area contributed by atoms with Crippen LogP contribution in [0.4, 0.5) is 10.8 Å². The van der Waals surface area contributed by atoms with Gasteiger partial charge in [0.05, 0.1) is 24.0 Å². The molecule has 0 radical (unpaired) electrons. The molecule has 170 valence electrons. The molecule has 1 aromatic heterocycles. The summed E-state index contributed by atoms with van der Waals surface area (Å²) in [7, 11) is 0. The Kier molecular flexibility index (Phi) is 9.89. The van der Waals surface area contributed by atoms with E-state index in [1.54, 1.807) is 30.5 Å². The van der Waals surface area contributed by atoms with Gasteiger partial charge in [0, 0.05) is 28.1 Å². The topological polar surface area (TPSA) is 135 Å². The summed E-state index contributed by atoms with van der Waals surface area (Å²) in [6, 6.07) is 6.91. The molecule has 0 aliphatic rings. The average Bonchev–Trinajstić information content (AvgIpc) is 3.17. The number of rotatable bonds is 11. The normalized spacial score (nSPS) is 11.7. The third-order valence-corrected chi connectivity index (χ3v) is 6.00. The number of hydrogen-bond acceptors (Lipinski definition) is 8. The number of benzene rings is 1. The highest BCUT2D eigenvalue weighted by Gasteiger charge is 2.20. The number of aromatic nitrogens is 1. The van der Waals surface area contributed by atoms with Gasteiger partial charge in [-0.05, 0) is 31.5 Å². The lowest BCUT2D eigenvalue weighted by Gasteiger charge is -2.14. The fraction of sp³-hybridized carbons (Fsp3) is 0.286. The Balaban J connectivity index is 1.97. The predicted molar refractivity (Wildman–Crippen MR) is 123 cm³/mol. The van der Waals surface area contributed by atoms with Crippen molar-refractivity contribution in [3.63, 3.8) is 0 Å². The molecule has 0 fully saturated rings. The van der Waals surface area contributed by atoms with Crippen molar-refractivity contribution in [2.75, 3.05) is 17.2 Å². The molecule has 0 spiro atoms. The molecule has 2 rings (SSSR count). The molecule has 2 aromatic rings. The number of carbonyl (C=O) groups is 4. The van der Waals surface area contributed by atoms with Crippen LogP contribution in [-0.2, 0) is 30.3 Å². The monoisotopic (exact) mass is 477 g/mol. The van der Waals surface area contributed by atoms with Gasteiger partial charge in [0.2, 0.25) is 11.8 Å². The van der Waals surface area contributed by atoms with E-state index >= 15 is 0 Å². The molecular weight excluding hydrogens is 454 g/mol. The van der Waals surface area contributed by atoms with Crippen LogP contribution < -0.4 is 10.6 Å². The van der Waals surface area contributed by atoms with Gasteiger partial charge in [0.1, 0.15) is 0 Å². The van der Waals surface area contributed by atoms with Crippen LogP contribution >= 0.6 is 23.1 Å². The van der Waals surface area contributed by atoms with Gasteiger partial charge in [0.25, 0.3) is 0 Å². The number of carboxylic acids is 1. The van der Waals surface area contributed by atoms with E-state index in [2.05, 4.69) is 15.6 Å². The Bertz CT molecular complexity index is 1000. The summed E-state index contributed by atoms with van der Waals surface area (Å²) in [6.45, 7) is 3.91. The molecule has 0 saturated carbocycles. The first-order valence-corrected chi connectivity index (χ1v) is 11.5. The molecule has 0 bridgehead atoms. The molecule has 1 unspecified atom stereocenters. The summed E-state index contributed by atoms with van der Waals surface area (Å²) in [5.41, 5.74) is 1.01. The van der Waals surface area contributed by atoms with E-state index in [4.69, 9.17) is 9.84 Å². The lowest BCUT2D eigenvalue weighted by Crippen LogP contribution is -2.24. The summed E-state index contributed by atoms with van der Waals surface area (Å²) in [6.07, 6.45) is 2.28. The third kappa shape index (κ3) is 8.52. The van der Waals surface area contributed by atoms with E-state index in [1.165, 1.54) is 23.1 Å². The van der Waals surface area contributed by atoms with E-state index in [-0.39, 0.29) is 18.3 Å². The summed E-state index contributed by atoms with van der Waals surface area (Å²) in [4.78, 5) is 51.5. The van der Waals surface area contributed by atoms with E-state index in [0.29, 0.717) is 29.5 Å². The number of nitrogens with zero attached hydrogens (tertiary/aromatic N) is 1. The van der Waals surface area contributed by atoms with Gasteiger partial charge in [-0.1, -0.05) is 13.0 Å². The summed E-state index contributed by atoms with van der Waals surface area (Å²) < 4.78 is 4.89. The van der Waals surface area contributed by atoms with Crippen molar-refractivity contribution >= 4 is 57.7 Å². The minimum Gasteiger partial charge on any atom is -0.478 e. The highest BCUT2D eigenvalue weighted by molar-refractivity contribution is 8.00. The lowest BCUT2D eigenvalue weighted by atomic mass is 10.3. The Morgan fingerprint density at radius 2 is 2.00 bits per heavy atom. The van der Waals surface area contributed by atoms with Crippen molar-refractivity contribution in [2.45, 2.75) is 36.8 Å². The van der Waals surface area contributed by atoms with Gasteiger partial charge in [-0.15, -0.1) is 23.1 Å². The number of thiazole rings is 1. The van der Waals surface area contributed by atoms with Crippen molar-refractivity contribution in [2.24, 2.45) is 0 Å². The molecule has 11 heteroatoms. The standard InChI is InChI=1S/C21H23N3O6S2/c1-3-16(20(29)24-21-23-14(12-31-21)11-19(28)30-4-2)32-15-7-5-6-13(10-15)22-17(25)8-9-18(26)27/h5-10,12,16H,3-4,11H2,1-2H3,(H,22,25)(H,26,27)(H,23,24,29)/b9-8+. The number of carboxylic acid groups (broad SMARTS) is 1. The summed E-state index contributed by atoms with van der Waals surface area (Å²) >= 11 is 2.56. The molecule has 1 heterocycles. The number of carbonyl (C=O) groups excluding carboxylic acids is 3. The number of amides is 2. The van der Waals surface area contributed by atoms with Crippen LogP contribution in [0.2, 0.25) is 0 Å². The fourth-order valence-electron chi connectivity index (χ4n) is 2.46. The molecule has 1 atom stereocenters. The van der Waals surface area contributed by atoms with E-state index in [0.717, 1.165) is 17.0 Å². The third-order valence-electron chi connectivity index (χ3n) is 3.83. The highest BCUT2D eigenvalue weighted by Crippen LogP contribution is 2.29. The molecule has 0 aliphatic carbocycles. The van der Waals surface area contributed by atoms with Gasteiger partial charge < -0.3 is 20.5 Å². The second-order valence-electron chi connectivity index (χ2n) is 6.32. The van der Waals surface area contributed by atoms with Crippen molar-refractivity contribution in [3.8, 4) is 0 Å². The van der Waals surface area contributed by atoms with Crippen LogP contribution in [0, 0.1) is 0 Å². The zero-order chi connectivity index (χ0) is 23.5. The molecule has 9 nitrogen and oxygen atoms in total. The predicted octanol–water partition coefficient (Wildman–Crippen LogP) is 3.34. The van der Waals surface area contributed by atoms with Crippen molar-refractivity contribution in [3.05, 3.63) is 47.5 Å². The SMILES string of the molecule is CCOC(=O)Cc1csc(NC(=O)C(CC)Sc2cccc(NC(=O)/C=C/C(=O)O)c2)n1. The van der Waals surface area contributed by atoms with Crippen LogP contribution in [0.3, 0.4) is 0 Å². The number of thioether (sulfide) groups is 1. The maximum Gasteiger partial charge on any atom is 0.328 e. The Morgan fingerprint density at radius 1 is 1.22 bits per heavy atom. The zero-order valence-corrected chi connectivity index (χ0v) is 19.1. The van der Waals surface area contributed by atoms with Crippen molar-refractivity contribution < 1.29 is 29.0 Å². The minimum absolute atomic E-state index is 0.0479. The van der Waals surface area contributed by atoms with Gasteiger partial charge in [0.15, 0.2) is 5.13 Å². The quantitative estimate of drug-likeness (QED) is 0.255. The number of ether oxygens (including phenoxy) is 1. The molecular formula is C21H23N3O6S2. The van der Waals surface area contributed by atoms with Crippen LogP contribution in [0.25, 0.3) is 0 Å². The van der Waals surface area contributed by atoms with Gasteiger partial charge in [-0.2, -0.15) is 0 Å². The van der Waals surface area contributed by atoms with Crippen LogP contribution in [0.5, 0.6) is 0 Å². The minimum atomic E-state index is -1.21. The summed E-state index contributed by atoms with van der Waals surface area (Å²) in [5, 5.41) is 15.6. The van der Waals surface area contributed by atoms with Gasteiger partial charge in [-0.3, -0.25) is 14.4 Å². The first-order valence-electron chi connectivity index (χ1n) is 9.70. The first-order chi connectivity index (χ1) is 15.3. The number of aliphatic carboxylic acids is 1. The van der Waals surface area contributed by atoms with Crippen LogP contribution in [0.1, 0.15) is 26.0 Å². The first kappa shape index (κ1) is 25.1. The maximum absolute atomic E-state index is 12.7. The molecule has 1 aromatic carbocycles. The number of hydrogen-bond donors (Lipinski definition) is 3. The Hall–Kier alpha value is -3.18. The Labute approximate surface area is 193 Å². The van der Waals surface area contributed by atoms with E-state index < -0.39 is 17.1 Å². The van der Waals surface area contributed by atoms with Crippen molar-refractivity contribution in [1.82, 2.24) is 4.98 Å². The molecule has 3 N–H and O–H groups in total. The van der Waals surface area contributed by atoms with E-state index in [9.17, 15) is 19.2 Å². The molecule has 0 aliphatic heterocycles. The van der Waals surface area contributed by atoms with Crippen LogP contribution in [-0.4, -0.2) is 45.7 Å². The average molecular weight is 478 g/mol. The van der Waals surface area contributed by atoms with Crippen LogP contribution in [0.15, 0.2) is 46.7 Å².